The number of hydrogen-bond acceptors (Lipinski definition) is 3. The predicted molar refractivity (Wildman–Crippen MR) is 138 cm³/mol. The highest BCUT2D eigenvalue weighted by molar-refractivity contribution is 5.10. The molecule has 0 spiro atoms. The standard InChI is InChI=1S/C30H50N3O/c1-20(2)7-6-8-21(3)26-11-12-27-25-10-9-22-17-24(34-19-23-18-31-33-32-23)13-15-29(22,4)28(25)14-16-30(26,27)5/h18,20-22,24-28H,6-17,19H2,1-5H3/t21-,22?,24?,25?,26-,27?,28?,29+,30-/m1/s1. The lowest BCUT2D eigenvalue weighted by Crippen LogP contribution is -2.54. The topological polar surface area (TPSA) is 48.0 Å². The molecule has 4 fully saturated rings. The van der Waals surface area contributed by atoms with Crippen molar-refractivity contribution in [3.05, 3.63) is 11.9 Å². The van der Waals surface area contributed by atoms with Crippen LogP contribution in [0, 0.1) is 52.3 Å². The average Bonchev–Trinajstić information content (AvgIpc) is 3.44. The van der Waals surface area contributed by atoms with Crippen LogP contribution in [0.5, 0.6) is 0 Å². The smallest absolute Gasteiger partial charge is 0.111 e. The van der Waals surface area contributed by atoms with Gasteiger partial charge in [-0.3, -0.25) is 0 Å². The summed E-state index contributed by atoms with van der Waals surface area (Å²) < 4.78 is 6.29. The highest BCUT2D eigenvalue weighted by Crippen LogP contribution is 2.68. The Bertz CT molecular complexity index is 777. The Balaban J connectivity index is 1.21. The lowest BCUT2D eigenvalue weighted by Gasteiger charge is -2.61. The van der Waals surface area contributed by atoms with Crippen molar-refractivity contribution in [3.8, 4) is 0 Å². The Morgan fingerprint density at radius 2 is 1.74 bits per heavy atom. The van der Waals surface area contributed by atoms with Crippen LogP contribution in [0.25, 0.3) is 0 Å². The molecule has 0 aromatic carbocycles. The van der Waals surface area contributed by atoms with E-state index in [2.05, 4.69) is 50.4 Å². The van der Waals surface area contributed by atoms with Crippen LogP contribution in [0.4, 0.5) is 0 Å². The maximum atomic E-state index is 6.29. The van der Waals surface area contributed by atoms with Crippen LogP contribution in [0.15, 0.2) is 22.2 Å². The van der Waals surface area contributed by atoms with Crippen LogP contribution in [-0.2, 0) is 4.74 Å². The van der Waals surface area contributed by atoms with Gasteiger partial charge >= 0.3 is 0 Å². The molecule has 5 aliphatic rings. The number of ether oxygens (including phenoxy) is 1. The normalized spacial score (nSPS) is 44.2. The minimum Gasteiger partial charge on any atom is -0.372 e. The second-order valence-corrected chi connectivity index (χ2v) is 13.8. The van der Waals surface area contributed by atoms with Crippen LogP contribution < -0.4 is 5.43 Å². The Hall–Kier alpha value is -0.900. The molecule has 1 aliphatic heterocycles. The van der Waals surface area contributed by atoms with Gasteiger partial charge in [-0.1, -0.05) is 53.9 Å². The van der Waals surface area contributed by atoms with Gasteiger partial charge in [-0.25, -0.2) is 0 Å². The molecule has 5 unspecified atom stereocenters. The van der Waals surface area contributed by atoms with E-state index in [0.717, 1.165) is 47.1 Å². The van der Waals surface area contributed by atoms with Gasteiger partial charge in [0.25, 0.3) is 0 Å². The first-order chi connectivity index (χ1) is 16.3. The van der Waals surface area contributed by atoms with Crippen molar-refractivity contribution in [2.75, 3.05) is 6.61 Å². The maximum Gasteiger partial charge on any atom is 0.111 e. The molecule has 9 atom stereocenters. The van der Waals surface area contributed by atoms with Crippen LogP contribution in [0.3, 0.4) is 0 Å². The molecule has 1 radical (unpaired) electrons. The molecular formula is C30H50N3O. The molecular weight excluding hydrogens is 418 g/mol. The van der Waals surface area contributed by atoms with Crippen LogP contribution >= 0.6 is 0 Å². The molecule has 0 aromatic rings. The number of rotatable bonds is 8. The van der Waals surface area contributed by atoms with Crippen molar-refractivity contribution in [3.63, 3.8) is 0 Å². The fourth-order valence-electron chi connectivity index (χ4n) is 9.87. The van der Waals surface area contributed by atoms with Crippen LogP contribution in [0.1, 0.15) is 112 Å². The van der Waals surface area contributed by atoms with E-state index >= 15 is 0 Å². The fourth-order valence-corrected chi connectivity index (χ4v) is 9.87. The molecule has 4 saturated carbocycles. The molecule has 4 nitrogen and oxygen atoms in total. The van der Waals surface area contributed by atoms with Gasteiger partial charge in [0.2, 0.25) is 0 Å². The molecule has 34 heavy (non-hydrogen) atoms. The van der Waals surface area contributed by atoms with Crippen molar-refractivity contribution in [1.29, 1.82) is 0 Å². The third-order valence-electron chi connectivity index (χ3n) is 11.7. The second-order valence-electron chi connectivity index (χ2n) is 13.8. The Morgan fingerprint density at radius 1 is 0.941 bits per heavy atom. The van der Waals surface area contributed by atoms with Gasteiger partial charge in [-0.2, -0.15) is 0 Å². The first-order valence-corrected chi connectivity index (χ1v) is 14.7. The molecule has 191 valence electrons. The van der Waals surface area contributed by atoms with Gasteiger partial charge in [0.05, 0.1) is 18.9 Å². The summed E-state index contributed by atoms with van der Waals surface area (Å²) >= 11 is 0. The molecule has 0 N–H and O–H groups in total. The van der Waals surface area contributed by atoms with E-state index in [0.29, 0.717) is 23.5 Å². The number of hydrogen-bond donors (Lipinski definition) is 0. The second kappa shape index (κ2) is 9.87. The molecule has 4 heteroatoms. The van der Waals surface area contributed by atoms with Crippen molar-refractivity contribution < 1.29 is 4.74 Å². The van der Waals surface area contributed by atoms with E-state index in [1.807, 2.05) is 0 Å². The predicted octanol–water partition coefficient (Wildman–Crippen LogP) is 8.32. The van der Waals surface area contributed by atoms with Crippen molar-refractivity contribution in [2.24, 2.45) is 62.6 Å². The van der Waals surface area contributed by atoms with E-state index in [-0.39, 0.29) is 0 Å². The van der Waals surface area contributed by atoms with Crippen LogP contribution in [0.2, 0.25) is 0 Å². The van der Waals surface area contributed by atoms with E-state index in [1.165, 1.54) is 77.0 Å². The third kappa shape index (κ3) is 4.50. The van der Waals surface area contributed by atoms with Crippen molar-refractivity contribution in [2.45, 2.75) is 118 Å². The SMILES string of the molecule is CC(C)CCC[C@@H](C)[C@H]1CCC2C3CCC4CC(OCC5=C[N]N=N5)CC[C@]4(C)C3CC[C@@]21C. The Labute approximate surface area is 209 Å². The van der Waals surface area contributed by atoms with Gasteiger partial charge in [0, 0.05) is 0 Å². The fraction of sp³-hybridized carbons (Fsp3) is 0.933. The minimum absolute atomic E-state index is 0.391. The molecule has 0 saturated heterocycles. The van der Waals surface area contributed by atoms with Gasteiger partial charge in [0.1, 0.15) is 5.70 Å². The highest BCUT2D eigenvalue weighted by atomic mass is 16.5. The molecule has 1 heterocycles. The van der Waals surface area contributed by atoms with Gasteiger partial charge in [0.15, 0.2) is 0 Å². The van der Waals surface area contributed by atoms with Crippen LogP contribution in [-0.4, -0.2) is 12.7 Å². The van der Waals surface area contributed by atoms with E-state index in [1.54, 1.807) is 6.20 Å². The van der Waals surface area contributed by atoms with Gasteiger partial charge < -0.3 is 4.74 Å². The van der Waals surface area contributed by atoms with E-state index in [9.17, 15) is 0 Å². The summed E-state index contributed by atoms with van der Waals surface area (Å²) in [6.07, 6.45) is 19.1. The van der Waals surface area contributed by atoms with Crippen molar-refractivity contribution in [1.82, 2.24) is 5.43 Å². The zero-order valence-electron chi connectivity index (χ0n) is 22.6. The van der Waals surface area contributed by atoms with E-state index < -0.39 is 0 Å². The lowest BCUT2D eigenvalue weighted by atomic mass is 9.44. The summed E-state index contributed by atoms with van der Waals surface area (Å²) in [6, 6.07) is 0. The molecule has 0 aromatic heterocycles. The first kappa shape index (κ1) is 24.8. The van der Waals surface area contributed by atoms with Gasteiger partial charge in [-0.15, -0.1) is 10.5 Å². The third-order valence-corrected chi connectivity index (χ3v) is 11.7. The maximum absolute atomic E-state index is 6.29. The highest BCUT2D eigenvalue weighted by Gasteiger charge is 2.60. The number of fused-ring (bicyclic) bond motifs is 5. The number of nitrogens with zero attached hydrogens (tertiary/aromatic N) is 3. The minimum atomic E-state index is 0.391. The quantitative estimate of drug-likeness (QED) is 0.353. The van der Waals surface area contributed by atoms with Gasteiger partial charge in [-0.05, 0) is 115 Å². The zero-order chi connectivity index (χ0) is 23.9. The summed E-state index contributed by atoms with van der Waals surface area (Å²) in [5.41, 5.74) is 5.85. The molecule has 0 bridgehead atoms. The lowest BCUT2D eigenvalue weighted by molar-refractivity contribution is -0.135. The average molecular weight is 469 g/mol. The molecule has 4 aliphatic carbocycles. The molecule has 0 amide bonds. The van der Waals surface area contributed by atoms with Crippen molar-refractivity contribution >= 4 is 0 Å². The monoisotopic (exact) mass is 468 g/mol. The summed E-state index contributed by atoms with van der Waals surface area (Å²) in [4.78, 5) is 0. The first-order valence-electron chi connectivity index (χ1n) is 14.7. The summed E-state index contributed by atoms with van der Waals surface area (Å²) in [5.74, 6) is 6.49. The summed E-state index contributed by atoms with van der Waals surface area (Å²) in [6.45, 7) is 13.3. The Morgan fingerprint density at radius 3 is 2.50 bits per heavy atom. The molecule has 5 rings (SSSR count). The Kier molecular flexibility index (Phi) is 7.19. The zero-order valence-corrected chi connectivity index (χ0v) is 22.6. The van der Waals surface area contributed by atoms with E-state index in [4.69, 9.17) is 4.74 Å². The summed E-state index contributed by atoms with van der Waals surface area (Å²) in [5, 5.41) is 7.74. The summed E-state index contributed by atoms with van der Waals surface area (Å²) in [7, 11) is 0. The largest absolute Gasteiger partial charge is 0.372 e.